The summed E-state index contributed by atoms with van der Waals surface area (Å²) in [4.78, 5) is 50.6. The number of hydrogen-bond acceptors (Lipinski definition) is 6. The van der Waals surface area contributed by atoms with Crippen molar-refractivity contribution in [2.24, 2.45) is 11.8 Å². The number of carboxylic acid groups (broad SMARTS) is 1. The number of aromatic nitrogens is 3. The lowest BCUT2D eigenvalue weighted by molar-refractivity contribution is -0.148. The molecule has 5 rings (SSSR count). The lowest BCUT2D eigenvalue weighted by Gasteiger charge is -2.30. The van der Waals surface area contributed by atoms with Crippen LogP contribution >= 0.6 is 0 Å². The molecule has 164 valence electrons. The lowest BCUT2D eigenvalue weighted by atomic mass is 9.77. The van der Waals surface area contributed by atoms with Gasteiger partial charge in [0.05, 0.1) is 25.3 Å². The molecule has 2 fully saturated rings. The minimum atomic E-state index is -1.70. The molecule has 2 amide bonds. The quantitative estimate of drug-likeness (QED) is 0.427. The number of methoxy groups -OCH3 is 1. The number of H-pyrrole nitrogens is 2. The van der Waals surface area contributed by atoms with Crippen LogP contribution in [0.5, 0.6) is 5.75 Å². The van der Waals surface area contributed by atoms with Crippen LogP contribution in [0.25, 0.3) is 0 Å². The summed E-state index contributed by atoms with van der Waals surface area (Å²) in [6.45, 7) is 0. The molecule has 10 heteroatoms. The van der Waals surface area contributed by atoms with Crippen LogP contribution in [0, 0.1) is 11.8 Å². The maximum absolute atomic E-state index is 13.6. The first-order chi connectivity index (χ1) is 15.5. The van der Waals surface area contributed by atoms with Gasteiger partial charge in [0.1, 0.15) is 17.1 Å². The number of fused-ring (bicyclic) bond motifs is 1. The zero-order valence-electron chi connectivity index (χ0n) is 17.1. The number of nitrogens with zero attached hydrogens (tertiary/aromatic N) is 2. The van der Waals surface area contributed by atoms with Gasteiger partial charge in [-0.15, -0.1) is 0 Å². The molecule has 0 aliphatic carbocycles. The summed E-state index contributed by atoms with van der Waals surface area (Å²) in [6.07, 6.45) is 4.54. The fourth-order valence-electron chi connectivity index (χ4n) is 4.91. The van der Waals surface area contributed by atoms with E-state index in [0.717, 1.165) is 4.90 Å². The van der Waals surface area contributed by atoms with Gasteiger partial charge in [0.15, 0.2) is 0 Å². The van der Waals surface area contributed by atoms with E-state index in [-0.39, 0.29) is 6.42 Å². The topological polar surface area (TPSA) is 140 Å². The first kappa shape index (κ1) is 20.0. The maximum atomic E-state index is 13.6. The van der Waals surface area contributed by atoms with Gasteiger partial charge in [0, 0.05) is 30.6 Å². The van der Waals surface area contributed by atoms with Crippen LogP contribution in [0.4, 0.5) is 5.82 Å². The van der Waals surface area contributed by atoms with E-state index in [1.165, 1.54) is 12.5 Å². The van der Waals surface area contributed by atoms with Gasteiger partial charge in [-0.1, -0.05) is 12.1 Å². The molecule has 4 N–H and O–H groups in total. The Bertz CT molecular complexity index is 1160. The summed E-state index contributed by atoms with van der Waals surface area (Å²) in [5.74, 6) is -3.23. The van der Waals surface area contributed by atoms with Gasteiger partial charge in [0.2, 0.25) is 11.8 Å². The Hall–Kier alpha value is -3.92. The number of rotatable bonds is 6. The van der Waals surface area contributed by atoms with Gasteiger partial charge < -0.3 is 19.8 Å². The molecule has 0 saturated carbocycles. The Kier molecular flexibility index (Phi) is 4.59. The van der Waals surface area contributed by atoms with Crippen molar-refractivity contribution in [2.75, 3.05) is 12.0 Å². The average Bonchev–Trinajstić information content (AvgIpc) is 3.57. The van der Waals surface area contributed by atoms with Crippen molar-refractivity contribution in [3.05, 3.63) is 66.4 Å². The fraction of sp³-hybridized carbons (Fsp3) is 0.273. The molecule has 2 aliphatic heterocycles. The van der Waals surface area contributed by atoms with E-state index in [0.29, 0.717) is 22.8 Å². The summed E-state index contributed by atoms with van der Waals surface area (Å²) in [7, 11) is 1.55. The number of imide groups is 1. The molecule has 3 aromatic rings. The standard InChI is InChI=1S/C22H21N5O5/c1-32-14-6-4-12(5-7-14)18-16-17(20(29)27(19(16)28)15-3-2-8-24-15)22(26-18,21(30)31)9-13-10-23-11-25-13/h2-8,10-11,16-18,24,26H,9H2,1H3,(H,23,25)(H,30,31)/t16-,17-,18?,22?/m1/s1. The highest BCUT2D eigenvalue weighted by Crippen LogP contribution is 2.50. The van der Waals surface area contributed by atoms with Crippen molar-refractivity contribution in [1.82, 2.24) is 20.3 Å². The number of aliphatic carboxylic acids is 1. The largest absolute Gasteiger partial charge is 0.497 e. The second-order valence-corrected chi connectivity index (χ2v) is 8.00. The van der Waals surface area contributed by atoms with Crippen LogP contribution in [0.3, 0.4) is 0 Å². The first-order valence-electron chi connectivity index (χ1n) is 10.1. The predicted molar refractivity (Wildman–Crippen MR) is 112 cm³/mol. The van der Waals surface area contributed by atoms with Gasteiger partial charge >= 0.3 is 5.97 Å². The van der Waals surface area contributed by atoms with Gasteiger partial charge in [-0.3, -0.25) is 19.7 Å². The van der Waals surface area contributed by atoms with Crippen LogP contribution in [-0.4, -0.2) is 50.5 Å². The molecule has 2 aromatic heterocycles. The van der Waals surface area contributed by atoms with Crippen LogP contribution in [0.15, 0.2) is 55.1 Å². The van der Waals surface area contributed by atoms with Crippen molar-refractivity contribution in [1.29, 1.82) is 0 Å². The monoisotopic (exact) mass is 435 g/mol. The molecule has 32 heavy (non-hydrogen) atoms. The molecule has 0 bridgehead atoms. The van der Waals surface area contributed by atoms with Crippen LogP contribution in [0.2, 0.25) is 0 Å². The Morgan fingerprint density at radius 2 is 1.97 bits per heavy atom. The number of ether oxygens (including phenoxy) is 1. The summed E-state index contributed by atoms with van der Waals surface area (Å²) in [5, 5.41) is 13.5. The fourth-order valence-corrected chi connectivity index (χ4v) is 4.91. The van der Waals surface area contributed by atoms with Crippen molar-refractivity contribution in [3.63, 3.8) is 0 Å². The Morgan fingerprint density at radius 3 is 2.56 bits per heavy atom. The molecular weight excluding hydrogens is 414 g/mol. The number of imidazole rings is 1. The van der Waals surface area contributed by atoms with E-state index >= 15 is 0 Å². The summed E-state index contributed by atoms with van der Waals surface area (Å²) in [6, 6.07) is 9.65. The highest BCUT2D eigenvalue weighted by Gasteiger charge is 2.68. The third-order valence-electron chi connectivity index (χ3n) is 6.36. The molecule has 10 nitrogen and oxygen atoms in total. The van der Waals surface area contributed by atoms with Crippen molar-refractivity contribution < 1.29 is 24.2 Å². The summed E-state index contributed by atoms with van der Waals surface area (Å²) >= 11 is 0. The van der Waals surface area contributed by atoms with Crippen LogP contribution in [-0.2, 0) is 20.8 Å². The first-order valence-corrected chi connectivity index (χ1v) is 10.1. The zero-order chi connectivity index (χ0) is 22.5. The third-order valence-corrected chi connectivity index (χ3v) is 6.36. The molecule has 1 aromatic carbocycles. The lowest BCUT2D eigenvalue weighted by Crippen LogP contribution is -2.57. The zero-order valence-corrected chi connectivity index (χ0v) is 17.1. The van der Waals surface area contributed by atoms with E-state index in [1.54, 1.807) is 49.7 Å². The second kappa shape index (κ2) is 7.34. The average molecular weight is 435 g/mol. The van der Waals surface area contributed by atoms with E-state index in [4.69, 9.17) is 4.74 Å². The minimum Gasteiger partial charge on any atom is -0.497 e. The maximum Gasteiger partial charge on any atom is 0.325 e. The Balaban J connectivity index is 1.64. The molecule has 2 unspecified atom stereocenters. The normalized spacial score (nSPS) is 27.0. The Labute approximate surface area is 182 Å². The van der Waals surface area contributed by atoms with Crippen molar-refractivity contribution in [2.45, 2.75) is 18.0 Å². The number of amides is 2. The highest BCUT2D eigenvalue weighted by molar-refractivity contribution is 6.23. The van der Waals surface area contributed by atoms with Gasteiger partial charge in [-0.25, -0.2) is 9.88 Å². The van der Waals surface area contributed by atoms with E-state index in [9.17, 15) is 19.5 Å². The van der Waals surface area contributed by atoms with Crippen LogP contribution in [0.1, 0.15) is 17.3 Å². The number of carboxylic acids is 1. The number of carbonyl (C=O) groups excluding carboxylic acids is 2. The third kappa shape index (κ3) is 2.83. The number of aromatic amines is 2. The number of hydrogen-bond donors (Lipinski definition) is 4. The number of nitrogens with one attached hydrogen (secondary N) is 3. The minimum absolute atomic E-state index is 0.0340. The Morgan fingerprint density at radius 1 is 1.19 bits per heavy atom. The molecule has 4 heterocycles. The van der Waals surface area contributed by atoms with Crippen molar-refractivity contribution >= 4 is 23.6 Å². The molecule has 2 saturated heterocycles. The molecule has 0 radical (unpaired) electrons. The molecule has 0 spiro atoms. The van der Waals surface area contributed by atoms with E-state index in [2.05, 4.69) is 20.3 Å². The van der Waals surface area contributed by atoms with Gasteiger partial charge in [-0.05, 0) is 29.8 Å². The van der Waals surface area contributed by atoms with E-state index in [1.807, 2.05) is 0 Å². The second-order valence-electron chi connectivity index (χ2n) is 8.00. The smallest absolute Gasteiger partial charge is 0.325 e. The van der Waals surface area contributed by atoms with Crippen LogP contribution < -0.4 is 15.0 Å². The number of anilines is 1. The number of benzene rings is 1. The van der Waals surface area contributed by atoms with Crippen molar-refractivity contribution in [3.8, 4) is 5.75 Å². The van der Waals surface area contributed by atoms with Gasteiger partial charge in [-0.2, -0.15) is 0 Å². The number of carbonyl (C=O) groups is 3. The summed E-state index contributed by atoms with van der Waals surface area (Å²) in [5.41, 5.74) is -0.453. The van der Waals surface area contributed by atoms with Gasteiger partial charge in [0.25, 0.3) is 0 Å². The SMILES string of the molecule is COc1ccc(C2NC(Cc3cnc[nH]3)(C(=O)O)[C@H]3C(=O)N(c4ccc[nH]4)C(=O)[C@@H]23)cc1. The highest BCUT2D eigenvalue weighted by atomic mass is 16.5. The van der Waals surface area contributed by atoms with E-state index < -0.39 is 41.2 Å². The molecule has 2 aliphatic rings. The summed E-state index contributed by atoms with van der Waals surface area (Å²) < 4.78 is 5.21. The molecular formula is C22H21N5O5. The predicted octanol–water partition coefficient (Wildman–Crippen LogP) is 1.26. The molecule has 4 atom stereocenters.